The molecule has 0 spiro atoms. The normalized spacial score (nSPS) is 14.7. The zero-order chi connectivity index (χ0) is 8.15. The zero-order valence-corrected chi connectivity index (χ0v) is 7.73. The summed E-state index contributed by atoms with van der Waals surface area (Å²) in [5.74, 6) is 0.606. The molecule has 0 fully saturated rings. The van der Waals surface area contributed by atoms with Crippen LogP contribution in [0.2, 0.25) is 0 Å². The van der Waals surface area contributed by atoms with Crippen LogP contribution in [0.5, 0.6) is 0 Å². The first-order chi connectivity index (χ1) is 4.57. The van der Waals surface area contributed by atoms with Crippen molar-refractivity contribution in [3.8, 4) is 0 Å². The van der Waals surface area contributed by atoms with E-state index in [9.17, 15) is 0 Å². The van der Waals surface area contributed by atoms with Gasteiger partial charge in [-0.3, -0.25) is 0 Å². The van der Waals surface area contributed by atoms with Crippen LogP contribution in [0.1, 0.15) is 34.6 Å². The first kappa shape index (κ1) is 9.48. The van der Waals surface area contributed by atoms with Crippen LogP contribution in [-0.2, 0) is 0 Å². The standard InChI is InChI=1S/C10H18/c1-6-9(4)10(5)7-8(2)3/h6-7,10H,1-5H3/b9-6-/t10-/m0/s1. The SMILES string of the molecule is C/C=C(/C)[C@@H](C)C=C(C)C. The van der Waals surface area contributed by atoms with Crippen molar-refractivity contribution < 1.29 is 0 Å². The van der Waals surface area contributed by atoms with Crippen molar-refractivity contribution in [2.75, 3.05) is 0 Å². The lowest BCUT2D eigenvalue weighted by Gasteiger charge is -2.06. The molecule has 0 aliphatic carbocycles. The van der Waals surface area contributed by atoms with E-state index < -0.39 is 0 Å². The van der Waals surface area contributed by atoms with Crippen molar-refractivity contribution in [2.45, 2.75) is 34.6 Å². The van der Waals surface area contributed by atoms with E-state index in [2.05, 4.69) is 46.8 Å². The molecule has 0 amide bonds. The van der Waals surface area contributed by atoms with Gasteiger partial charge in [0.1, 0.15) is 0 Å². The van der Waals surface area contributed by atoms with Crippen molar-refractivity contribution in [3.63, 3.8) is 0 Å². The molecule has 0 aromatic rings. The molecule has 0 saturated heterocycles. The summed E-state index contributed by atoms with van der Waals surface area (Å²) in [5, 5.41) is 0. The first-order valence-corrected chi connectivity index (χ1v) is 3.85. The Morgan fingerprint density at radius 3 is 2.00 bits per heavy atom. The molecule has 10 heavy (non-hydrogen) atoms. The summed E-state index contributed by atoms with van der Waals surface area (Å²) >= 11 is 0. The summed E-state index contributed by atoms with van der Waals surface area (Å²) in [6, 6.07) is 0. The van der Waals surface area contributed by atoms with Gasteiger partial charge in [0.05, 0.1) is 0 Å². The van der Waals surface area contributed by atoms with Crippen molar-refractivity contribution in [2.24, 2.45) is 5.92 Å². The minimum atomic E-state index is 0.606. The van der Waals surface area contributed by atoms with E-state index in [0.29, 0.717) is 5.92 Å². The summed E-state index contributed by atoms with van der Waals surface area (Å²) in [5.41, 5.74) is 2.84. The van der Waals surface area contributed by atoms with Gasteiger partial charge in [0.15, 0.2) is 0 Å². The maximum atomic E-state index is 2.29. The zero-order valence-electron chi connectivity index (χ0n) is 7.73. The second-order valence-corrected chi connectivity index (χ2v) is 3.07. The van der Waals surface area contributed by atoms with Crippen molar-refractivity contribution >= 4 is 0 Å². The van der Waals surface area contributed by atoms with Gasteiger partial charge in [-0.15, -0.1) is 0 Å². The fraction of sp³-hybridized carbons (Fsp3) is 0.600. The highest BCUT2D eigenvalue weighted by molar-refractivity contribution is 5.11. The van der Waals surface area contributed by atoms with E-state index in [4.69, 9.17) is 0 Å². The molecule has 0 bridgehead atoms. The quantitative estimate of drug-likeness (QED) is 0.512. The van der Waals surface area contributed by atoms with Crippen LogP contribution in [-0.4, -0.2) is 0 Å². The van der Waals surface area contributed by atoms with E-state index in [1.54, 1.807) is 0 Å². The molecule has 0 nitrogen and oxygen atoms in total. The summed E-state index contributed by atoms with van der Waals surface area (Å²) < 4.78 is 0. The Kier molecular flexibility index (Phi) is 4.10. The van der Waals surface area contributed by atoms with E-state index in [0.717, 1.165) is 0 Å². The summed E-state index contributed by atoms with van der Waals surface area (Å²) in [6.45, 7) is 10.8. The number of hydrogen-bond donors (Lipinski definition) is 0. The van der Waals surface area contributed by atoms with Gasteiger partial charge in [-0.25, -0.2) is 0 Å². The van der Waals surface area contributed by atoms with Gasteiger partial charge in [0, 0.05) is 0 Å². The smallest absolute Gasteiger partial charge is 0.00521 e. The second kappa shape index (κ2) is 4.32. The summed E-state index contributed by atoms with van der Waals surface area (Å²) in [7, 11) is 0. The largest absolute Gasteiger partial charge is 0.0882 e. The molecule has 0 saturated carbocycles. The molecule has 0 aliphatic heterocycles. The molecule has 0 radical (unpaired) electrons. The Hall–Kier alpha value is -0.520. The van der Waals surface area contributed by atoms with Crippen LogP contribution < -0.4 is 0 Å². The second-order valence-electron chi connectivity index (χ2n) is 3.07. The molecule has 1 atom stereocenters. The maximum absolute atomic E-state index is 2.29. The first-order valence-electron chi connectivity index (χ1n) is 3.85. The van der Waals surface area contributed by atoms with Crippen molar-refractivity contribution in [1.82, 2.24) is 0 Å². The van der Waals surface area contributed by atoms with Gasteiger partial charge in [0.25, 0.3) is 0 Å². The van der Waals surface area contributed by atoms with Gasteiger partial charge in [-0.2, -0.15) is 0 Å². The predicted molar refractivity (Wildman–Crippen MR) is 48.0 cm³/mol. The van der Waals surface area contributed by atoms with Crippen LogP contribution in [0.25, 0.3) is 0 Å². The van der Waals surface area contributed by atoms with Crippen LogP contribution >= 0.6 is 0 Å². The highest BCUT2D eigenvalue weighted by Gasteiger charge is 1.96. The van der Waals surface area contributed by atoms with E-state index in [1.165, 1.54) is 11.1 Å². The number of hydrogen-bond acceptors (Lipinski definition) is 0. The topological polar surface area (TPSA) is 0 Å². The monoisotopic (exact) mass is 138 g/mol. The predicted octanol–water partition coefficient (Wildman–Crippen LogP) is 3.55. The van der Waals surface area contributed by atoms with Crippen LogP contribution in [0.15, 0.2) is 23.3 Å². The Morgan fingerprint density at radius 1 is 1.20 bits per heavy atom. The molecule has 0 unspecified atom stereocenters. The van der Waals surface area contributed by atoms with Crippen LogP contribution in [0.3, 0.4) is 0 Å². The average Bonchev–Trinajstić information content (AvgIpc) is 1.85. The minimum Gasteiger partial charge on any atom is -0.0882 e. The van der Waals surface area contributed by atoms with Gasteiger partial charge in [-0.05, 0) is 33.6 Å². The molecule has 0 aliphatic rings. The molecule has 0 heteroatoms. The molecule has 0 aromatic carbocycles. The minimum absolute atomic E-state index is 0.606. The maximum Gasteiger partial charge on any atom is -0.00521 e. The van der Waals surface area contributed by atoms with Crippen molar-refractivity contribution in [1.29, 1.82) is 0 Å². The Balaban J connectivity index is 4.10. The number of rotatable bonds is 2. The van der Waals surface area contributed by atoms with Gasteiger partial charge < -0.3 is 0 Å². The highest BCUT2D eigenvalue weighted by Crippen LogP contribution is 2.12. The Morgan fingerprint density at radius 2 is 1.70 bits per heavy atom. The lowest BCUT2D eigenvalue weighted by molar-refractivity contribution is 0.849. The lowest BCUT2D eigenvalue weighted by atomic mass is 10.0. The third kappa shape index (κ3) is 3.49. The van der Waals surface area contributed by atoms with Crippen LogP contribution in [0, 0.1) is 5.92 Å². The van der Waals surface area contributed by atoms with E-state index in [-0.39, 0.29) is 0 Å². The Bertz CT molecular complexity index is 145. The fourth-order valence-electron chi connectivity index (χ4n) is 0.894. The van der Waals surface area contributed by atoms with Gasteiger partial charge >= 0.3 is 0 Å². The summed E-state index contributed by atoms with van der Waals surface area (Å²) in [4.78, 5) is 0. The Labute approximate surface area is 64.6 Å². The lowest BCUT2D eigenvalue weighted by Crippen LogP contribution is -1.91. The van der Waals surface area contributed by atoms with E-state index >= 15 is 0 Å². The molecule has 0 N–H and O–H groups in total. The van der Waals surface area contributed by atoms with Crippen molar-refractivity contribution in [3.05, 3.63) is 23.3 Å². The molecule has 0 aromatic heterocycles. The molecule has 0 rings (SSSR count). The summed E-state index contributed by atoms with van der Waals surface area (Å²) in [6.07, 6.45) is 4.46. The fourth-order valence-corrected chi connectivity index (χ4v) is 0.894. The van der Waals surface area contributed by atoms with E-state index in [1.807, 2.05) is 0 Å². The molecule has 0 heterocycles. The molecular formula is C10H18. The molecule has 58 valence electrons. The van der Waals surface area contributed by atoms with Gasteiger partial charge in [0.2, 0.25) is 0 Å². The van der Waals surface area contributed by atoms with Gasteiger partial charge in [-0.1, -0.05) is 30.2 Å². The third-order valence-electron chi connectivity index (χ3n) is 1.76. The van der Waals surface area contributed by atoms with Crippen LogP contribution in [0.4, 0.5) is 0 Å². The average molecular weight is 138 g/mol. The highest BCUT2D eigenvalue weighted by atomic mass is 14.0. The number of allylic oxidation sites excluding steroid dienone is 4. The molecular weight excluding hydrogens is 120 g/mol. The third-order valence-corrected chi connectivity index (χ3v) is 1.76.